The van der Waals surface area contributed by atoms with Crippen LogP contribution >= 0.6 is 23.4 Å². The van der Waals surface area contributed by atoms with Crippen LogP contribution in [0.3, 0.4) is 0 Å². The van der Waals surface area contributed by atoms with Gasteiger partial charge in [-0.2, -0.15) is 0 Å². The van der Waals surface area contributed by atoms with Gasteiger partial charge in [0.15, 0.2) is 5.16 Å². The fraction of sp³-hybridized carbons (Fsp3) is 0.286. The molecule has 0 spiro atoms. The number of carbonyl (C=O) groups excluding carboxylic acids is 1. The molecular formula is C21H21ClN2O3S. The number of rotatable bonds is 7. The Morgan fingerprint density at radius 1 is 1.21 bits per heavy atom. The minimum atomic E-state index is -0.324. The Balaban J connectivity index is 2.04. The summed E-state index contributed by atoms with van der Waals surface area (Å²) in [5.74, 6) is -0.246. The molecule has 0 saturated heterocycles. The lowest BCUT2D eigenvalue weighted by Gasteiger charge is -2.15. The van der Waals surface area contributed by atoms with E-state index in [1.807, 2.05) is 26.0 Å². The van der Waals surface area contributed by atoms with Crippen LogP contribution in [0.1, 0.15) is 25.3 Å². The average Bonchev–Trinajstić information content (AvgIpc) is 2.69. The van der Waals surface area contributed by atoms with Crippen LogP contribution in [0.5, 0.6) is 0 Å². The number of esters is 1. The highest BCUT2D eigenvalue weighted by atomic mass is 35.5. The smallest absolute Gasteiger partial charge is 0.316 e. The normalized spacial score (nSPS) is 11.0. The fourth-order valence-electron chi connectivity index (χ4n) is 2.76. The first kappa shape index (κ1) is 20.4. The third kappa shape index (κ3) is 4.39. The molecule has 0 atom stereocenters. The van der Waals surface area contributed by atoms with Gasteiger partial charge in [0.25, 0.3) is 5.56 Å². The molecule has 5 nitrogen and oxygen atoms in total. The second-order valence-electron chi connectivity index (χ2n) is 6.30. The van der Waals surface area contributed by atoms with Crippen molar-refractivity contribution in [3.8, 4) is 5.69 Å². The van der Waals surface area contributed by atoms with E-state index in [1.54, 1.807) is 30.3 Å². The maximum Gasteiger partial charge on any atom is 0.316 e. The van der Waals surface area contributed by atoms with Crippen molar-refractivity contribution in [2.75, 3.05) is 12.4 Å². The number of benzene rings is 2. The highest BCUT2D eigenvalue weighted by Gasteiger charge is 2.17. The molecule has 1 aromatic heterocycles. The molecule has 0 N–H and O–H groups in total. The molecule has 0 unspecified atom stereocenters. The summed E-state index contributed by atoms with van der Waals surface area (Å²) in [6.07, 6.45) is 1.79. The average molecular weight is 417 g/mol. The van der Waals surface area contributed by atoms with Gasteiger partial charge in [0.05, 0.1) is 29.0 Å². The number of hydrogen-bond acceptors (Lipinski definition) is 5. The van der Waals surface area contributed by atoms with E-state index in [0.29, 0.717) is 33.4 Å². The van der Waals surface area contributed by atoms with Crippen molar-refractivity contribution in [3.63, 3.8) is 0 Å². The van der Waals surface area contributed by atoms with Gasteiger partial charge in [-0.25, -0.2) is 4.98 Å². The predicted octanol–water partition coefficient (Wildman–Crippen LogP) is 4.78. The first-order valence-electron chi connectivity index (χ1n) is 9.08. The SMILES string of the molecule is CCCCOC(=O)CSc1nc2ccccc2c(=O)n1-c1cccc(Cl)c1C. The lowest BCUT2D eigenvalue weighted by atomic mass is 10.2. The van der Waals surface area contributed by atoms with Crippen LogP contribution in [0, 0.1) is 6.92 Å². The first-order valence-corrected chi connectivity index (χ1v) is 10.4. The Morgan fingerprint density at radius 3 is 2.79 bits per heavy atom. The maximum atomic E-state index is 13.2. The zero-order valence-electron chi connectivity index (χ0n) is 15.8. The monoisotopic (exact) mass is 416 g/mol. The van der Waals surface area contributed by atoms with Gasteiger partial charge in [0, 0.05) is 5.02 Å². The molecule has 146 valence electrons. The highest BCUT2D eigenvalue weighted by molar-refractivity contribution is 7.99. The van der Waals surface area contributed by atoms with Crippen molar-refractivity contribution < 1.29 is 9.53 Å². The molecule has 2 aromatic carbocycles. The van der Waals surface area contributed by atoms with Crippen LogP contribution in [-0.2, 0) is 9.53 Å². The quantitative estimate of drug-likeness (QED) is 0.240. The minimum Gasteiger partial charge on any atom is -0.465 e. The Hall–Kier alpha value is -2.31. The number of halogens is 1. The summed E-state index contributed by atoms with van der Waals surface area (Å²) >= 11 is 7.45. The van der Waals surface area contributed by atoms with E-state index in [2.05, 4.69) is 4.98 Å². The topological polar surface area (TPSA) is 61.2 Å². The molecule has 0 aliphatic rings. The molecule has 28 heavy (non-hydrogen) atoms. The predicted molar refractivity (Wildman–Crippen MR) is 114 cm³/mol. The summed E-state index contributed by atoms with van der Waals surface area (Å²) in [4.78, 5) is 29.9. The maximum absolute atomic E-state index is 13.2. The molecule has 3 aromatic rings. The number of nitrogens with zero attached hydrogens (tertiary/aromatic N) is 2. The van der Waals surface area contributed by atoms with Crippen molar-refractivity contribution >= 4 is 40.2 Å². The van der Waals surface area contributed by atoms with Gasteiger partial charge in [-0.1, -0.05) is 54.9 Å². The van der Waals surface area contributed by atoms with Gasteiger partial charge in [-0.15, -0.1) is 0 Å². The molecule has 7 heteroatoms. The van der Waals surface area contributed by atoms with Crippen LogP contribution in [0.4, 0.5) is 0 Å². The van der Waals surface area contributed by atoms with Gasteiger partial charge < -0.3 is 4.74 Å². The number of ether oxygens (including phenoxy) is 1. The van der Waals surface area contributed by atoms with E-state index in [-0.39, 0.29) is 17.3 Å². The van der Waals surface area contributed by atoms with Crippen LogP contribution in [0.15, 0.2) is 52.4 Å². The molecular weight excluding hydrogens is 396 g/mol. The Kier molecular flexibility index (Phi) is 6.75. The van der Waals surface area contributed by atoms with Gasteiger partial charge in [0.2, 0.25) is 0 Å². The number of fused-ring (bicyclic) bond motifs is 1. The van der Waals surface area contributed by atoms with E-state index < -0.39 is 0 Å². The van der Waals surface area contributed by atoms with Crippen LogP contribution < -0.4 is 5.56 Å². The van der Waals surface area contributed by atoms with Crippen molar-refractivity contribution in [3.05, 3.63) is 63.4 Å². The van der Waals surface area contributed by atoms with Gasteiger partial charge in [-0.05, 0) is 43.2 Å². The van der Waals surface area contributed by atoms with E-state index in [0.717, 1.165) is 18.4 Å². The van der Waals surface area contributed by atoms with Gasteiger partial charge in [0.1, 0.15) is 0 Å². The van der Waals surface area contributed by atoms with E-state index in [9.17, 15) is 9.59 Å². The summed E-state index contributed by atoms with van der Waals surface area (Å²) in [5.41, 5.74) is 1.82. The summed E-state index contributed by atoms with van der Waals surface area (Å²) in [6.45, 7) is 4.29. The molecule has 0 radical (unpaired) electrons. The lowest BCUT2D eigenvalue weighted by molar-refractivity contribution is -0.140. The van der Waals surface area contributed by atoms with Gasteiger partial charge >= 0.3 is 5.97 Å². The van der Waals surface area contributed by atoms with Crippen molar-refractivity contribution in [1.29, 1.82) is 0 Å². The Bertz CT molecular complexity index is 1070. The summed E-state index contributed by atoms with van der Waals surface area (Å²) in [7, 11) is 0. The fourth-order valence-corrected chi connectivity index (χ4v) is 3.73. The first-order chi connectivity index (χ1) is 13.5. The number of carbonyl (C=O) groups is 1. The molecule has 1 heterocycles. The molecule has 0 bridgehead atoms. The number of thioether (sulfide) groups is 1. The number of aromatic nitrogens is 2. The zero-order chi connectivity index (χ0) is 20.1. The summed E-state index contributed by atoms with van der Waals surface area (Å²) < 4.78 is 6.74. The summed E-state index contributed by atoms with van der Waals surface area (Å²) in [6, 6.07) is 12.6. The van der Waals surface area contributed by atoms with Crippen LogP contribution in [0.2, 0.25) is 5.02 Å². The molecule has 0 saturated carbocycles. The lowest BCUT2D eigenvalue weighted by Crippen LogP contribution is -2.23. The van der Waals surface area contributed by atoms with Crippen LogP contribution in [0.25, 0.3) is 16.6 Å². The van der Waals surface area contributed by atoms with E-state index in [1.165, 1.54) is 16.3 Å². The molecule has 0 aliphatic carbocycles. The van der Waals surface area contributed by atoms with Crippen molar-refractivity contribution in [2.24, 2.45) is 0 Å². The van der Waals surface area contributed by atoms with Gasteiger partial charge in [-0.3, -0.25) is 14.2 Å². The Labute approximate surface area is 172 Å². The molecule has 0 fully saturated rings. The van der Waals surface area contributed by atoms with E-state index >= 15 is 0 Å². The Morgan fingerprint density at radius 2 is 2.00 bits per heavy atom. The molecule has 0 amide bonds. The number of para-hydroxylation sites is 1. The zero-order valence-corrected chi connectivity index (χ0v) is 17.3. The van der Waals surface area contributed by atoms with Crippen molar-refractivity contribution in [1.82, 2.24) is 9.55 Å². The van der Waals surface area contributed by atoms with E-state index in [4.69, 9.17) is 16.3 Å². The number of hydrogen-bond donors (Lipinski definition) is 0. The second kappa shape index (κ2) is 9.26. The standard InChI is InChI=1S/C21H21ClN2O3S/c1-3-4-12-27-19(25)13-28-21-23-17-10-6-5-8-15(17)20(26)24(21)18-11-7-9-16(22)14(18)2/h5-11H,3-4,12-13H2,1-2H3. The second-order valence-corrected chi connectivity index (χ2v) is 7.65. The largest absolute Gasteiger partial charge is 0.465 e. The minimum absolute atomic E-state index is 0.0775. The van der Waals surface area contributed by atoms with Crippen LogP contribution in [-0.4, -0.2) is 27.9 Å². The molecule has 0 aliphatic heterocycles. The number of unbranched alkanes of at least 4 members (excludes halogenated alkanes) is 1. The third-order valence-electron chi connectivity index (χ3n) is 4.30. The summed E-state index contributed by atoms with van der Waals surface area (Å²) in [5, 5.41) is 1.51. The molecule has 3 rings (SSSR count). The highest BCUT2D eigenvalue weighted by Crippen LogP contribution is 2.26. The van der Waals surface area contributed by atoms with Crippen molar-refractivity contribution in [2.45, 2.75) is 31.8 Å². The third-order valence-corrected chi connectivity index (χ3v) is 5.63.